The number of ether oxygens (including phenoxy) is 1. The number of rotatable bonds is 2. The van der Waals surface area contributed by atoms with E-state index in [1.165, 1.54) is 5.56 Å². The first-order valence-electron chi connectivity index (χ1n) is 4.61. The highest BCUT2D eigenvalue weighted by Crippen LogP contribution is 2.24. The van der Waals surface area contributed by atoms with Gasteiger partial charge in [0.1, 0.15) is 6.61 Å². The Bertz CT molecular complexity index is 342. The molecule has 1 aromatic rings. The van der Waals surface area contributed by atoms with Crippen LogP contribution in [-0.4, -0.2) is 5.97 Å². The van der Waals surface area contributed by atoms with Crippen molar-refractivity contribution >= 4 is 5.97 Å². The van der Waals surface area contributed by atoms with Crippen LogP contribution in [0.4, 0.5) is 0 Å². The van der Waals surface area contributed by atoms with Crippen LogP contribution in [0.2, 0.25) is 0 Å². The summed E-state index contributed by atoms with van der Waals surface area (Å²) in [5, 5.41) is 0. The van der Waals surface area contributed by atoms with E-state index in [2.05, 4.69) is 13.0 Å². The molecule has 2 heteroatoms. The Morgan fingerprint density at radius 2 is 2.31 bits per heavy atom. The Hall–Kier alpha value is -1.31. The smallest absolute Gasteiger partial charge is 0.338 e. The van der Waals surface area contributed by atoms with Gasteiger partial charge in [-0.15, -0.1) is 0 Å². The Morgan fingerprint density at radius 3 is 3.08 bits per heavy atom. The predicted molar refractivity (Wildman–Crippen MR) is 49.6 cm³/mol. The van der Waals surface area contributed by atoms with Gasteiger partial charge in [0.05, 0.1) is 5.56 Å². The standard InChI is InChI=1S/C11H12O2/c1-2-4-8-5-3-6-9-10(8)7-13-11(9)12/h3,5-6H,2,4,7H2,1H3. The Labute approximate surface area is 77.5 Å². The monoisotopic (exact) mass is 176 g/mol. The third kappa shape index (κ3) is 1.32. The lowest BCUT2D eigenvalue weighted by molar-refractivity contribution is 0.0535. The maximum atomic E-state index is 11.2. The second-order valence-corrected chi connectivity index (χ2v) is 3.27. The minimum atomic E-state index is -0.173. The molecule has 0 aliphatic carbocycles. The van der Waals surface area contributed by atoms with Crippen LogP contribution in [0.25, 0.3) is 0 Å². The van der Waals surface area contributed by atoms with E-state index in [9.17, 15) is 4.79 Å². The molecule has 0 amide bonds. The molecule has 0 unspecified atom stereocenters. The summed E-state index contributed by atoms with van der Waals surface area (Å²) < 4.78 is 4.97. The SMILES string of the molecule is CCCc1cccc2c1COC2=O. The maximum absolute atomic E-state index is 11.2. The van der Waals surface area contributed by atoms with Crippen LogP contribution in [0.15, 0.2) is 18.2 Å². The van der Waals surface area contributed by atoms with Crippen molar-refractivity contribution in [3.8, 4) is 0 Å². The molecule has 1 aliphatic heterocycles. The molecule has 2 rings (SSSR count). The van der Waals surface area contributed by atoms with Crippen LogP contribution in [0.3, 0.4) is 0 Å². The highest BCUT2D eigenvalue weighted by molar-refractivity contribution is 5.93. The number of hydrogen-bond donors (Lipinski definition) is 0. The summed E-state index contributed by atoms with van der Waals surface area (Å²) in [5.74, 6) is -0.173. The predicted octanol–water partition coefficient (Wildman–Crippen LogP) is 2.31. The van der Waals surface area contributed by atoms with Gasteiger partial charge in [-0.2, -0.15) is 0 Å². The second-order valence-electron chi connectivity index (χ2n) is 3.27. The molecule has 68 valence electrons. The normalized spacial score (nSPS) is 14.1. The van der Waals surface area contributed by atoms with Crippen molar-refractivity contribution in [1.29, 1.82) is 0 Å². The van der Waals surface area contributed by atoms with Crippen LogP contribution < -0.4 is 0 Å². The van der Waals surface area contributed by atoms with Crippen molar-refractivity contribution in [3.05, 3.63) is 34.9 Å². The van der Waals surface area contributed by atoms with Gasteiger partial charge in [0.25, 0.3) is 0 Å². The Kier molecular flexibility index (Phi) is 2.05. The molecule has 1 aromatic carbocycles. The van der Waals surface area contributed by atoms with E-state index >= 15 is 0 Å². The number of benzene rings is 1. The second kappa shape index (κ2) is 3.21. The first kappa shape index (κ1) is 8.30. The zero-order valence-electron chi connectivity index (χ0n) is 7.67. The number of carbonyl (C=O) groups excluding carboxylic acids is 1. The minimum Gasteiger partial charge on any atom is -0.457 e. The molecular formula is C11H12O2. The fraction of sp³-hybridized carbons (Fsp3) is 0.364. The quantitative estimate of drug-likeness (QED) is 0.646. The van der Waals surface area contributed by atoms with E-state index in [0.717, 1.165) is 24.0 Å². The summed E-state index contributed by atoms with van der Waals surface area (Å²) in [4.78, 5) is 11.2. The van der Waals surface area contributed by atoms with Crippen LogP contribution in [0, 0.1) is 0 Å². The molecule has 0 N–H and O–H groups in total. The molecule has 0 bridgehead atoms. The highest BCUT2D eigenvalue weighted by atomic mass is 16.5. The molecule has 1 aliphatic rings. The van der Waals surface area contributed by atoms with Gasteiger partial charge in [0.15, 0.2) is 0 Å². The summed E-state index contributed by atoms with van der Waals surface area (Å²) >= 11 is 0. The highest BCUT2D eigenvalue weighted by Gasteiger charge is 2.22. The number of carbonyl (C=O) groups is 1. The molecule has 2 nitrogen and oxygen atoms in total. The van der Waals surface area contributed by atoms with Crippen LogP contribution in [-0.2, 0) is 17.8 Å². The summed E-state index contributed by atoms with van der Waals surface area (Å²) in [6.45, 7) is 2.60. The lowest BCUT2D eigenvalue weighted by atomic mass is 10.00. The fourth-order valence-electron chi connectivity index (χ4n) is 1.72. The van der Waals surface area contributed by atoms with E-state index in [1.54, 1.807) is 0 Å². The fourth-order valence-corrected chi connectivity index (χ4v) is 1.72. The zero-order chi connectivity index (χ0) is 9.26. The minimum absolute atomic E-state index is 0.173. The van der Waals surface area contributed by atoms with Gasteiger partial charge < -0.3 is 4.74 Å². The third-order valence-corrected chi connectivity index (χ3v) is 2.36. The van der Waals surface area contributed by atoms with Gasteiger partial charge in [0, 0.05) is 5.56 Å². The molecule has 0 spiro atoms. The van der Waals surface area contributed by atoms with E-state index in [4.69, 9.17) is 4.74 Å². The average molecular weight is 176 g/mol. The van der Waals surface area contributed by atoms with Gasteiger partial charge in [-0.1, -0.05) is 25.5 Å². The first-order chi connectivity index (χ1) is 6.33. The van der Waals surface area contributed by atoms with Crippen molar-refractivity contribution < 1.29 is 9.53 Å². The molecule has 0 fully saturated rings. The van der Waals surface area contributed by atoms with Gasteiger partial charge >= 0.3 is 5.97 Å². The molecule has 13 heavy (non-hydrogen) atoms. The molecule has 0 atom stereocenters. The molecule has 0 saturated heterocycles. The van der Waals surface area contributed by atoms with Crippen molar-refractivity contribution in [1.82, 2.24) is 0 Å². The number of cyclic esters (lactones) is 1. The van der Waals surface area contributed by atoms with E-state index < -0.39 is 0 Å². The third-order valence-electron chi connectivity index (χ3n) is 2.36. The maximum Gasteiger partial charge on any atom is 0.338 e. The average Bonchev–Trinajstić information content (AvgIpc) is 2.50. The van der Waals surface area contributed by atoms with Gasteiger partial charge in [0.2, 0.25) is 0 Å². The van der Waals surface area contributed by atoms with Crippen molar-refractivity contribution in [3.63, 3.8) is 0 Å². The van der Waals surface area contributed by atoms with Gasteiger partial charge in [-0.25, -0.2) is 4.79 Å². The largest absolute Gasteiger partial charge is 0.457 e. The molecule has 1 heterocycles. The van der Waals surface area contributed by atoms with Crippen molar-refractivity contribution in [2.24, 2.45) is 0 Å². The van der Waals surface area contributed by atoms with Gasteiger partial charge in [-0.3, -0.25) is 0 Å². The van der Waals surface area contributed by atoms with E-state index in [-0.39, 0.29) is 5.97 Å². The number of hydrogen-bond acceptors (Lipinski definition) is 2. The zero-order valence-corrected chi connectivity index (χ0v) is 7.67. The lowest BCUT2D eigenvalue weighted by Gasteiger charge is -2.02. The summed E-state index contributed by atoms with van der Waals surface area (Å²) in [6.07, 6.45) is 2.13. The summed E-state index contributed by atoms with van der Waals surface area (Å²) in [5.41, 5.74) is 3.10. The molecular weight excluding hydrogens is 164 g/mol. The van der Waals surface area contributed by atoms with E-state index in [0.29, 0.717) is 6.61 Å². The first-order valence-corrected chi connectivity index (χ1v) is 4.61. The number of aryl methyl sites for hydroxylation is 1. The van der Waals surface area contributed by atoms with Crippen LogP contribution in [0.1, 0.15) is 34.8 Å². The van der Waals surface area contributed by atoms with Crippen LogP contribution in [0.5, 0.6) is 0 Å². The lowest BCUT2D eigenvalue weighted by Crippen LogP contribution is -1.95. The number of fused-ring (bicyclic) bond motifs is 1. The summed E-state index contributed by atoms with van der Waals surface area (Å²) in [7, 11) is 0. The topological polar surface area (TPSA) is 26.3 Å². The Balaban J connectivity index is 2.44. The van der Waals surface area contributed by atoms with Crippen LogP contribution >= 0.6 is 0 Å². The molecule has 0 saturated carbocycles. The van der Waals surface area contributed by atoms with Crippen molar-refractivity contribution in [2.45, 2.75) is 26.4 Å². The van der Waals surface area contributed by atoms with Gasteiger partial charge in [-0.05, 0) is 18.1 Å². The van der Waals surface area contributed by atoms with E-state index in [1.807, 2.05) is 12.1 Å². The summed E-state index contributed by atoms with van der Waals surface area (Å²) in [6, 6.07) is 5.84. The number of esters is 1. The van der Waals surface area contributed by atoms with Crippen molar-refractivity contribution in [2.75, 3.05) is 0 Å². The Morgan fingerprint density at radius 1 is 1.46 bits per heavy atom. The molecule has 0 aromatic heterocycles. The molecule has 0 radical (unpaired) electrons.